The average molecular weight is 324 g/mol. The second-order valence-corrected chi connectivity index (χ2v) is 5.59. The monoisotopic (exact) mass is 324 g/mol. The number of hydrogen-bond acceptors (Lipinski definition) is 4. The van der Waals surface area contributed by atoms with E-state index in [1.165, 1.54) is 12.1 Å². The summed E-state index contributed by atoms with van der Waals surface area (Å²) in [6.45, 7) is 1.10. The SMILES string of the molecule is NC(=O)OC(C(=O)N1CCCCCC1)C(O)c1ccc(F)cc1. The number of aliphatic hydroxyl groups excluding tert-OH is 1. The smallest absolute Gasteiger partial charge is 0.405 e. The van der Waals surface area contributed by atoms with Crippen molar-refractivity contribution in [2.24, 2.45) is 5.73 Å². The van der Waals surface area contributed by atoms with E-state index < -0.39 is 30.0 Å². The van der Waals surface area contributed by atoms with Crippen molar-refractivity contribution in [1.82, 2.24) is 4.90 Å². The van der Waals surface area contributed by atoms with Crippen molar-refractivity contribution in [3.05, 3.63) is 35.6 Å². The summed E-state index contributed by atoms with van der Waals surface area (Å²) in [5, 5.41) is 10.4. The van der Waals surface area contributed by atoms with E-state index in [2.05, 4.69) is 0 Å². The first-order valence-corrected chi connectivity index (χ1v) is 7.67. The number of nitrogens with zero attached hydrogens (tertiary/aromatic N) is 1. The van der Waals surface area contributed by atoms with Gasteiger partial charge >= 0.3 is 6.09 Å². The largest absolute Gasteiger partial charge is 0.433 e. The van der Waals surface area contributed by atoms with Crippen LogP contribution in [-0.4, -0.2) is 41.2 Å². The van der Waals surface area contributed by atoms with Gasteiger partial charge in [0.25, 0.3) is 5.91 Å². The fourth-order valence-corrected chi connectivity index (χ4v) is 2.68. The summed E-state index contributed by atoms with van der Waals surface area (Å²) in [6, 6.07) is 5.01. The Labute approximate surface area is 134 Å². The summed E-state index contributed by atoms with van der Waals surface area (Å²) in [4.78, 5) is 25.3. The van der Waals surface area contributed by atoms with Crippen molar-refractivity contribution in [2.75, 3.05) is 13.1 Å². The number of nitrogens with two attached hydrogens (primary N) is 1. The normalized spacial score (nSPS) is 17.9. The molecule has 1 saturated heterocycles. The van der Waals surface area contributed by atoms with Crippen molar-refractivity contribution >= 4 is 12.0 Å². The molecule has 0 aromatic heterocycles. The minimum atomic E-state index is -1.43. The maximum absolute atomic E-state index is 13.0. The van der Waals surface area contributed by atoms with Crippen LogP contribution in [0.15, 0.2) is 24.3 Å². The maximum Gasteiger partial charge on any atom is 0.405 e. The van der Waals surface area contributed by atoms with Gasteiger partial charge in [-0.1, -0.05) is 25.0 Å². The van der Waals surface area contributed by atoms with Crippen LogP contribution in [0.2, 0.25) is 0 Å². The Morgan fingerprint density at radius 1 is 1.13 bits per heavy atom. The van der Waals surface area contributed by atoms with Crippen LogP contribution in [0.25, 0.3) is 0 Å². The predicted molar refractivity (Wildman–Crippen MR) is 80.9 cm³/mol. The van der Waals surface area contributed by atoms with Gasteiger partial charge in [-0.05, 0) is 30.5 Å². The molecule has 2 rings (SSSR count). The van der Waals surface area contributed by atoms with E-state index in [1.807, 2.05) is 0 Å². The van der Waals surface area contributed by atoms with Gasteiger partial charge in [-0.25, -0.2) is 9.18 Å². The van der Waals surface area contributed by atoms with Crippen LogP contribution in [0.3, 0.4) is 0 Å². The lowest BCUT2D eigenvalue weighted by Crippen LogP contribution is -2.45. The molecule has 1 aliphatic heterocycles. The maximum atomic E-state index is 13.0. The second-order valence-electron chi connectivity index (χ2n) is 5.59. The lowest BCUT2D eigenvalue weighted by molar-refractivity contribution is -0.146. The van der Waals surface area contributed by atoms with Crippen LogP contribution in [0.1, 0.15) is 37.4 Å². The first-order chi connectivity index (χ1) is 11.0. The standard InChI is InChI=1S/C16H21FN2O4/c17-12-7-5-11(6-8-12)13(20)14(23-16(18)22)15(21)19-9-3-1-2-4-10-19/h5-8,13-14,20H,1-4,9-10H2,(H2,18,22). The summed E-state index contributed by atoms with van der Waals surface area (Å²) in [5.41, 5.74) is 5.31. The molecule has 2 amide bonds. The molecule has 7 heteroatoms. The van der Waals surface area contributed by atoms with E-state index in [9.17, 15) is 19.1 Å². The number of carbonyl (C=O) groups excluding carboxylic acids is 2. The molecule has 1 heterocycles. The molecule has 0 radical (unpaired) electrons. The predicted octanol–water partition coefficient (Wildman–Crippen LogP) is 1.73. The summed E-state index contributed by atoms with van der Waals surface area (Å²) in [7, 11) is 0. The van der Waals surface area contributed by atoms with Crippen LogP contribution in [-0.2, 0) is 9.53 Å². The fourth-order valence-electron chi connectivity index (χ4n) is 2.68. The zero-order valence-electron chi connectivity index (χ0n) is 12.8. The summed E-state index contributed by atoms with van der Waals surface area (Å²) < 4.78 is 17.9. The van der Waals surface area contributed by atoms with E-state index in [4.69, 9.17) is 10.5 Å². The summed E-state index contributed by atoms with van der Waals surface area (Å²) in [6.07, 6.45) is -0.185. The van der Waals surface area contributed by atoms with E-state index >= 15 is 0 Å². The highest BCUT2D eigenvalue weighted by Crippen LogP contribution is 2.23. The Morgan fingerprint density at radius 2 is 1.70 bits per heavy atom. The molecule has 1 fully saturated rings. The van der Waals surface area contributed by atoms with E-state index in [0.29, 0.717) is 13.1 Å². The molecule has 1 aromatic rings. The summed E-state index contributed by atoms with van der Waals surface area (Å²) in [5.74, 6) is -0.949. The molecule has 0 bridgehead atoms. The van der Waals surface area contributed by atoms with Gasteiger partial charge < -0.3 is 20.5 Å². The third-order valence-electron chi connectivity index (χ3n) is 3.90. The van der Waals surface area contributed by atoms with Gasteiger partial charge in [0.15, 0.2) is 0 Å². The number of benzene rings is 1. The van der Waals surface area contributed by atoms with Gasteiger partial charge in [-0.2, -0.15) is 0 Å². The number of carbonyl (C=O) groups is 2. The highest BCUT2D eigenvalue weighted by molar-refractivity contribution is 5.84. The van der Waals surface area contributed by atoms with Crippen LogP contribution in [0, 0.1) is 5.82 Å². The van der Waals surface area contributed by atoms with Crippen molar-refractivity contribution in [1.29, 1.82) is 0 Å². The number of hydrogen-bond donors (Lipinski definition) is 2. The highest BCUT2D eigenvalue weighted by Gasteiger charge is 2.34. The molecule has 1 aliphatic rings. The average Bonchev–Trinajstić information content (AvgIpc) is 2.81. The number of amides is 2. The molecule has 2 atom stereocenters. The van der Waals surface area contributed by atoms with Crippen LogP contribution in [0.4, 0.5) is 9.18 Å². The van der Waals surface area contributed by atoms with Crippen molar-refractivity contribution in [3.8, 4) is 0 Å². The van der Waals surface area contributed by atoms with Gasteiger partial charge in [0, 0.05) is 13.1 Å². The summed E-state index contributed by atoms with van der Waals surface area (Å²) >= 11 is 0. The lowest BCUT2D eigenvalue weighted by Gasteiger charge is -2.28. The first-order valence-electron chi connectivity index (χ1n) is 7.67. The molecular weight excluding hydrogens is 303 g/mol. The van der Waals surface area contributed by atoms with Crippen molar-refractivity contribution < 1.29 is 23.8 Å². The number of aliphatic hydroxyl groups is 1. The molecule has 0 aliphatic carbocycles. The zero-order chi connectivity index (χ0) is 16.8. The van der Waals surface area contributed by atoms with E-state index in [-0.39, 0.29) is 5.56 Å². The van der Waals surface area contributed by atoms with Crippen molar-refractivity contribution in [3.63, 3.8) is 0 Å². The number of primary amides is 1. The topological polar surface area (TPSA) is 92.9 Å². The van der Waals surface area contributed by atoms with Crippen LogP contribution >= 0.6 is 0 Å². The number of likely N-dealkylation sites (tertiary alicyclic amines) is 1. The van der Waals surface area contributed by atoms with Gasteiger partial charge in [-0.3, -0.25) is 4.79 Å². The third-order valence-corrected chi connectivity index (χ3v) is 3.90. The molecule has 126 valence electrons. The Bertz CT molecular complexity index is 542. The highest BCUT2D eigenvalue weighted by atomic mass is 19.1. The zero-order valence-corrected chi connectivity index (χ0v) is 12.8. The minimum Gasteiger partial charge on any atom is -0.433 e. The van der Waals surface area contributed by atoms with E-state index in [1.54, 1.807) is 4.90 Å². The quantitative estimate of drug-likeness (QED) is 0.882. The van der Waals surface area contributed by atoms with Crippen LogP contribution < -0.4 is 5.73 Å². The van der Waals surface area contributed by atoms with Gasteiger partial charge in [-0.15, -0.1) is 0 Å². The molecule has 2 unspecified atom stereocenters. The molecule has 3 N–H and O–H groups in total. The van der Waals surface area contributed by atoms with Gasteiger partial charge in [0.05, 0.1) is 0 Å². The third kappa shape index (κ3) is 4.66. The van der Waals surface area contributed by atoms with Crippen molar-refractivity contribution in [2.45, 2.75) is 37.9 Å². The Balaban J connectivity index is 2.19. The van der Waals surface area contributed by atoms with Gasteiger partial charge in [0.1, 0.15) is 11.9 Å². The molecule has 0 spiro atoms. The molecule has 1 aromatic carbocycles. The van der Waals surface area contributed by atoms with Gasteiger partial charge in [0.2, 0.25) is 6.10 Å². The number of ether oxygens (including phenoxy) is 1. The first kappa shape index (κ1) is 17.2. The second kappa shape index (κ2) is 7.92. The molecular formula is C16H21FN2O4. The molecule has 0 saturated carbocycles. The molecule has 23 heavy (non-hydrogen) atoms. The Hall–Kier alpha value is -2.15. The number of rotatable bonds is 4. The number of halogens is 1. The molecule has 6 nitrogen and oxygen atoms in total. The lowest BCUT2D eigenvalue weighted by atomic mass is 10.0. The van der Waals surface area contributed by atoms with Crippen LogP contribution in [0.5, 0.6) is 0 Å². The fraction of sp³-hybridized carbons (Fsp3) is 0.500. The van der Waals surface area contributed by atoms with E-state index in [0.717, 1.165) is 37.8 Å². The Morgan fingerprint density at radius 3 is 2.22 bits per heavy atom. The Kier molecular flexibility index (Phi) is 5.92. The minimum absolute atomic E-state index is 0.279.